The van der Waals surface area contributed by atoms with E-state index < -0.39 is 18.0 Å². The Hall–Kier alpha value is -1.87. The van der Waals surface area contributed by atoms with Crippen LogP contribution in [0.5, 0.6) is 5.75 Å². The first-order chi connectivity index (χ1) is 13.2. The lowest BCUT2D eigenvalue weighted by molar-refractivity contribution is -0.141. The Morgan fingerprint density at radius 1 is 1.32 bits per heavy atom. The molecule has 9 heteroatoms. The highest BCUT2D eigenvalue weighted by Crippen LogP contribution is 2.57. The van der Waals surface area contributed by atoms with E-state index in [2.05, 4.69) is 25.9 Å². The third-order valence-electron chi connectivity index (χ3n) is 5.70. The first-order valence-corrected chi connectivity index (χ1v) is 9.65. The molecule has 2 aromatic heterocycles. The number of aliphatic hydroxyl groups excluding tert-OH is 1. The van der Waals surface area contributed by atoms with Crippen molar-refractivity contribution in [2.24, 2.45) is 11.3 Å². The smallest absolute Gasteiger partial charge is 0.434 e. The van der Waals surface area contributed by atoms with E-state index in [1.165, 1.54) is 12.3 Å². The van der Waals surface area contributed by atoms with Crippen molar-refractivity contribution >= 4 is 21.6 Å². The molecular formula is C19H19BrF3N3O2. The van der Waals surface area contributed by atoms with Crippen LogP contribution < -0.4 is 9.64 Å². The summed E-state index contributed by atoms with van der Waals surface area (Å²) in [5, 5.41) is 10.7. The van der Waals surface area contributed by atoms with Crippen LogP contribution in [0.25, 0.3) is 0 Å². The highest BCUT2D eigenvalue weighted by molar-refractivity contribution is 9.10. The number of methoxy groups -OCH3 is 1. The highest BCUT2D eigenvalue weighted by atomic mass is 79.9. The van der Waals surface area contributed by atoms with E-state index in [9.17, 15) is 18.3 Å². The van der Waals surface area contributed by atoms with E-state index in [4.69, 9.17) is 4.74 Å². The van der Waals surface area contributed by atoms with Crippen LogP contribution in [0.3, 0.4) is 0 Å². The summed E-state index contributed by atoms with van der Waals surface area (Å²) in [6, 6.07) is 3.20. The average molecular weight is 458 g/mol. The molecule has 1 unspecified atom stereocenters. The number of pyridine rings is 2. The molecule has 1 saturated carbocycles. The summed E-state index contributed by atoms with van der Waals surface area (Å²) in [6.07, 6.45) is 1.13. The van der Waals surface area contributed by atoms with Gasteiger partial charge in [-0.25, -0.2) is 4.98 Å². The second-order valence-electron chi connectivity index (χ2n) is 7.61. The Labute approximate surface area is 168 Å². The molecule has 1 atom stereocenters. The van der Waals surface area contributed by atoms with E-state index in [1.54, 1.807) is 25.6 Å². The summed E-state index contributed by atoms with van der Waals surface area (Å²) in [4.78, 5) is 9.66. The second-order valence-corrected chi connectivity index (χ2v) is 8.46. The highest BCUT2D eigenvalue weighted by Gasteiger charge is 2.54. The monoisotopic (exact) mass is 457 g/mol. The molecule has 150 valence electrons. The fraction of sp³-hybridized carbons (Fsp3) is 0.474. The number of hydrogen-bond donors (Lipinski definition) is 1. The van der Waals surface area contributed by atoms with Crippen molar-refractivity contribution in [3.8, 4) is 5.75 Å². The molecule has 0 bridgehead atoms. The van der Waals surface area contributed by atoms with Crippen LogP contribution in [-0.2, 0) is 6.18 Å². The molecule has 1 aliphatic heterocycles. The number of ether oxygens (including phenoxy) is 1. The minimum absolute atomic E-state index is 0.0518. The lowest BCUT2D eigenvalue weighted by Crippen LogP contribution is -2.63. The maximum absolute atomic E-state index is 12.8. The number of aliphatic hydroxyl groups is 1. The largest absolute Gasteiger partial charge is 0.496 e. The first kappa shape index (κ1) is 19.4. The van der Waals surface area contributed by atoms with Crippen LogP contribution in [-0.4, -0.2) is 35.3 Å². The van der Waals surface area contributed by atoms with Gasteiger partial charge in [-0.3, -0.25) is 4.98 Å². The summed E-state index contributed by atoms with van der Waals surface area (Å²) < 4.78 is 43.7. The van der Waals surface area contributed by atoms with E-state index in [1.807, 2.05) is 4.90 Å². The lowest BCUT2D eigenvalue weighted by atomic mass is 9.55. The van der Waals surface area contributed by atoms with Gasteiger partial charge >= 0.3 is 6.18 Å². The van der Waals surface area contributed by atoms with Crippen LogP contribution in [0.1, 0.15) is 30.2 Å². The molecule has 2 aromatic rings. The number of halogens is 4. The van der Waals surface area contributed by atoms with Crippen molar-refractivity contribution in [3.63, 3.8) is 0 Å². The Kier molecular flexibility index (Phi) is 4.78. The van der Waals surface area contributed by atoms with Crippen LogP contribution in [0.4, 0.5) is 18.9 Å². The third kappa shape index (κ3) is 3.34. The van der Waals surface area contributed by atoms with Gasteiger partial charge in [0, 0.05) is 36.5 Å². The first-order valence-electron chi connectivity index (χ1n) is 8.86. The molecule has 4 rings (SSSR count). The van der Waals surface area contributed by atoms with Gasteiger partial charge in [-0.05, 0) is 46.8 Å². The van der Waals surface area contributed by atoms with Crippen molar-refractivity contribution in [2.45, 2.75) is 25.1 Å². The van der Waals surface area contributed by atoms with Gasteiger partial charge in [-0.2, -0.15) is 13.2 Å². The molecule has 0 aromatic carbocycles. The summed E-state index contributed by atoms with van der Waals surface area (Å²) in [5.74, 6) is 0.747. The summed E-state index contributed by atoms with van der Waals surface area (Å²) in [6.45, 7) is 1.50. The zero-order chi connectivity index (χ0) is 20.1. The quantitative estimate of drug-likeness (QED) is 0.744. The number of aromatic nitrogens is 2. The molecule has 1 N–H and O–H groups in total. The van der Waals surface area contributed by atoms with Gasteiger partial charge in [-0.1, -0.05) is 0 Å². The van der Waals surface area contributed by atoms with Gasteiger partial charge < -0.3 is 14.7 Å². The van der Waals surface area contributed by atoms with Gasteiger partial charge in [0.1, 0.15) is 5.75 Å². The molecule has 1 saturated heterocycles. The predicted octanol–water partition coefficient (Wildman–Crippen LogP) is 4.22. The van der Waals surface area contributed by atoms with Gasteiger partial charge in [0.05, 0.1) is 29.6 Å². The molecule has 3 heterocycles. The lowest BCUT2D eigenvalue weighted by Gasteiger charge is -2.60. The maximum atomic E-state index is 12.8. The van der Waals surface area contributed by atoms with Crippen LogP contribution in [0.2, 0.25) is 0 Å². The van der Waals surface area contributed by atoms with E-state index in [0.29, 0.717) is 17.0 Å². The van der Waals surface area contributed by atoms with Gasteiger partial charge in [0.2, 0.25) is 0 Å². The molecule has 1 aliphatic carbocycles. The maximum Gasteiger partial charge on any atom is 0.434 e. The Morgan fingerprint density at radius 3 is 2.64 bits per heavy atom. The zero-order valence-corrected chi connectivity index (χ0v) is 16.7. The van der Waals surface area contributed by atoms with E-state index in [0.717, 1.165) is 25.9 Å². The molecule has 28 heavy (non-hydrogen) atoms. The molecule has 1 spiro atoms. The minimum Gasteiger partial charge on any atom is -0.496 e. The van der Waals surface area contributed by atoms with Crippen molar-refractivity contribution < 1.29 is 23.0 Å². The number of alkyl halides is 3. The van der Waals surface area contributed by atoms with E-state index >= 15 is 0 Å². The third-order valence-corrected chi connectivity index (χ3v) is 6.30. The summed E-state index contributed by atoms with van der Waals surface area (Å²) >= 11 is 2.97. The standard InChI is InChI=1S/C19H19BrF3N3O2/c1-28-15-2-3-24-8-13(15)16(27)11-5-18(6-11)9-26(10-18)12-4-14(20)17(25-7-12)19(21,22)23/h2-4,7-8,11,16,27H,5-6,9-10H2,1H3. The van der Waals surface area contributed by atoms with Crippen molar-refractivity contribution in [3.05, 3.63) is 46.5 Å². The van der Waals surface area contributed by atoms with Crippen molar-refractivity contribution in [1.82, 2.24) is 9.97 Å². The molecule has 2 aliphatic rings. The fourth-order valence-corrected chi connectivity index (χ4v) is 4.91. The summed E-state index contributed by atoms with van der Waals surface area (Å²) in [5.41, 5.74) is 0.556. The van der Waals surface area contributed by atoms with Gasteiger partial charge in [0.15, 0.2) is 5.69 Å². The summed E-state index contributed by atoms with van der Waals surface area (Å²) in [7, 11) is 1.56. The van der Waals surface area contributed by atoms with Crippen LogP contribution in [0.15, 0.2) is 35.2 Å². The van der Waals surface area contributed by atoms with Gasteiger partial charge in [0.25, 0.3) is 0 Å². The molecule has 5 nitrogen and oxygen atoms in total. The number of anilines is 1. The predicted molar refractivity (Wildman–Crippen MR) is 100 cm³/mol. The average Bonchev–Trinajstić information content (AvgIpc) is 2.58. The molecule has 2 fully saturated rings. The number of nitrogens with zero attached hydrogens (tertiary/aromatic N) is 3. The Bertz CT molecular complexity index is 879. The molecule has 0 amide bonds. The normalized spacial score (nSPS) is 19.9. The second kappa shape index (κ2) is 6.88. The Morgan fingerprint density at radius 2 is 2.04 bits per heavy atom. The molecule has 0 radical (unpaired) electrons. The molecular weight excluding hydrogens is 439 g/mol. The van der Waals surface area contributed by atoms with Crippen molar-refractivity contribution in [2.75, 3.05) is 25.1 Å². The number of hydrogen-bond acceptors (Lipinski definition) is 5. The SMILES string of the molecule is COc1ccncc1C(O)C1CC2(C1)CN(c1cnc(C(F)(F)F)c(Br)c1)C2. The topological polar surface area (TPSA) is 58.5 Å². The minimum atomic E-state index is -4.47. The van der Waals surface area contributed by atoms with E-state index in [-0.39, 0.29) is 15.8 Å². The zero-order valence-electron chi connectivity index (χ0n) is 15.1. The van der Waals surface area contributed by atoms with Crippen LogP contribution >= 0.6 is 15.9 Å². The fourth-order valence-electron chi connectivity index (χ4n) is 4.35. The Balaban J connectivity index is 1.37. The van der Waals surface area contributed by atoms with Gasteiger partial charge in [-0.15, -0.1) is 0 Å². The van der Waals surface area contributed by atoms with Crippen LogP contribution in [0, 0.1) is 11.3 Å². The van der Waals surface area contributed by atoms with Crippen molar-refractivity contribution in [1.29, 1.82) is 0 Å². The number of rotatable bonds is 4.